The van der Waals surface area contributed by atoms with Crippen molar-refractivity contribution >= 4 is 17.2 Å². The predicted molar refractivity (Wildman–Crippen MR) is 109 cm³/mol. The molecule has 2 aromatic heterocycles. The van der Waals surface area contributed by atoms with E-state index >= 15 is 0 Å². The van der Waals surface area contributed by atoms with Gasteiger partial charge in [-0.1, -0.05) is 59.4 Å². The number of carbonyl (C=O) groups excluding carboxylic acids is 1. The van der Waals surface area contributed by atoms with Gasteiger partial charge in [0.05, 0.1) is 16.9 Å². The van der Waals surface area contributed by atoms with Gasteiger partial charge in [-0.05, 0) is 26.0 Å². The molecule has 2 heterocycles. The second-order valence-corrected chi connectivity index (χ2v) is 7.48. The first-order valence-corrected chi connectivity index (χ1v) is 9.65. The SMILES string of the molecule is Cc1ccc(-c2nn(-c3ccccc3)c(=NC(=O)c3cn(C)nc3C)s2)cc1. The Kier molecular flexibility index (Phi) is 4.75. The summed E-state index contributed by atoms with van der Waals surface area (Å²) in [6.45, 7) is 3.85. The third-order valence-electron chi connectivity index (χ3n) is 4.30. The molecule has 0 spiro atoms. The number of hydrogen-bond acceptors (Lipinski definition) is 4. The van der Waals surface area contributed by atoms with Crippen molar-refractivity contribution in [3.63, 3.8) is 0 Å². The fourth-order valence-corrected chi connectivity index (χ4v) is 3.77. The van der Waals surface area contributed by atoms with E-state index in [1.54, 1.807) is 29.5 Å². The molecular weight excluding hydrogens is 370 g/mol. The van der Waals surface area contributed by atoms with E-state index in [1.807, 2.05) is 61.5 Å². The third kappa shape index (κ3) is 3.57. The number of carbonyl (C=O) groups is 1. The van der Waals surface area contributed by atoms with Crippen molar-refractivity contribution in [2.75, 3.05) is 0 Å². The Bertz CT molecular complexity index is 1200. The minimum atomic E-state index is -0.325. The molecule has 7 heteroatoms. The smallest absolute Gasteiger partial charge is 0.275 e. The van der Waals surface area contributed by atoms with Gasteiger partial charge in [0.25, 0.3) is 5.91 Å². The number of aromatic nitrogens is 4. The topological polar surface area (TPSA) is 65.1 Å². The summed E-state index contributed by atoms with van der Waals surface area (Å²) >= 11 is 1.39. The van der Waals surface area contributed by atoms with E-state index in [9.17, 15) is 4.79 Å². The van der Waals surface area contributed by atoms with Crippen molar-refractivity contribution in [1.82, 2.24) is 19.6 Å². The molecule has 1 amide bonds. The molecule has 0 atom stereocenters. The Hall–Kier alpha value is -3.32. The highest BCUT2D eigenvalue weighted by molar-refractivity contribution is 7.12. The van der Waals surface area contributed by atoms with Crippen LogP contribution in [0.2, 0.25) is 0 Å². The largest absolute Gasteiger partial charge is 0.283 e. The molecule has 0 radical (unpaired) electrons. The molecule has 0 N–H and O–H groups in total. The van der Waals surface area contributed by atoms with Crippen molar-refractivity contribution in [2.24, 2.45) is 12.0 Å². The number of para-hydroxylation sites is 1. The first kappa shape index (κ1) is 18.1. The van der Waals surface area contributed by atoms with Crippen LogP contribution in [0.5, 0.6) is 0 Å². The molecule has 6 nitrogen and oxygen atoms in total. The summed E-state index contributed by atoms with van der Waals surface area (Å²) < 4.78 is 3.33. The molecule has 28 heavy (non-hydrogen) atoms. The van der Waals surface area contributed by atoms with Crippen molar-refractivity contribution in [3.05, 3.63) is 82.4 Å². The van der Waals surface area contributed by atoms with Crippen molar-refractivity contribution in [3.8, 4) is 16.3 Å². The van der Waals surface area contributed by atoms with E-state index in [2.05, 4.69) is 10.1 Å². The standard InChI is InChI=1S/C21H19N5OS/c1-14-9-11-16(12-10-14)20-24-26(17-7-5-4-6-8-17)21(28-20)22-19(27)18-13-25(3)23-15(18)2/h4-13H,1-3H3. The van der Waals surface area contributed by atoms with Crippen LogP contribution in [-0.4, -0.2) is 25.5 Å². The summed E-state index contributed by atoms with van der Waals surface area (Å²) in [5.74, 6) is -0.325. The number of hydrogen-bond donors (Lipinski definition) is 0. The van der Waals surface area contributed by atoms with Crippen LogP contribution in [0.25, 0.3) is 16.3 Å². The Morgan fingerprint density at radius 1 is 1.00 bits per heavy atom. The van der Waals surface area contributed by atoms with Crippen LogP contribution in [0.1, 0.15) is 21.6 Å². The molecule has 0 aliphatic rings. The summed E-state index contributed by atoms with van der Waals surface area (Å²) in [6, 6.07) is 17.8. The van der Waals surface area contributed by atoms with Gasteiger partial charge in [0.2, 0.25) is 4.80 Å². The summed E-state index contributed by atoms with van der Waals surface area (Å²) in [6.07, 6.45) is 1.69. The summed E-state index contributed by atoms with van der Waals surface area (Å²) in [7, 11) is 1.79. The first-order valence-electron chi connectivity index (χ1n) is 8.83. The van der Waals surface area contributed by atoms with E-state index in [4.69, 9.17) is 5.10 Å². The van der Waals surface area contributed by atoms with Gasteiger partial charge in [-0.15, -0.1) is 0 Å². The Morgan fingerprint density at radius 2 is 1.71 bits per heavy atom. The van der Waals surface area contributed by atoms with E-state index in [0.29, 0.717) is 16.1 Å². The van der Waals surface area contributed by atoms with Crippen LogP contribution >= 0.6 is 11.3 Å². The minimum absolute atomic E-state index is 0.325. The van der Waals surface area contributed by atoms with Gasteiger partial charge >= 0.3 is 0 Å². The van der Waals surface area contributed by atoms with E-state index in [1.165, 1.54) is 16.9 Å². The lowest BCUT2D eigenvalue weighted by Crippen LogP contribution is -2.16. The molecule has 0 saturated heterocycles. The summed E-state index contributed by atoms with van der Waals surface area (Å²) in [4.78, 5) is 17.7. The first-order chi connectivity index (χ1) is 13.5. The van der Waals surface area contributed by atoms with Crippen LogP contribution in [0.3, 0.4) is 0 Å². The van der Waals surface area contributed by atoms with Gasteiger partial charge in [0.1, 0.15) is 5.01 Å². The lowest BCUT2D eigenvalue weighted by Gasteiger charge is -2.00. The Morgan fingerprint density at radius 3 is 2.36 bits per heavy atom. The average molecular weight is 389 g/mol. The highest BCUT2D eigenvalue weighted by atomic mass is 32.1. The van der Waals surface area contributed by atoms with Crippen molar-refractivity contribution in [2.45, 2.75) is 13.8 Å². The summed E-state index contributed by atoms with van der Waals surface area (Å²) in [5, 5.41) is 9.76. The molecule has 0 fully saturated rings. The lowest BCUT2D eigenvalue weighted by atomic mass is 10.2. The van der Waals surface area contributed by atoms with Gasteiger partial charge in [-0.2, -0.15) is 15.2 Å². The molecule has 4 aromatic rings. The number of nitrogens with zero attached hydrogens (tertiary/aromatic N) is 5. The van der Waals surface area contributed by atoms with Crippen LogP contribution in [0.4, 0.5) is 0 Å². The van der Waals surface area contributed by atoms with E-state index < -0.39 is 0 Å². The second kappa shape index (κ2) is 7.36. The van der Waals surface area contributed by atoms with Crippen molar-refractivity contribution in [1.29, 1.82) is 0 Å². The normalized spacial score (nSPS) is 11.8. The van der Waals surface area contributed by atoms with Crippen LogP contribution in [0.15, 0.2) is 65.8 Å². The molecular formula is C21H19N5OS. The van der Waals surface area contributed by atoms with Gasteiger partial charge in [0.15, 0.2) is 0 Å². The predicted octanol–water partition coefficient (Wildman–Crippen LogP) is 3.69. The maximum Gasteiger partial charge on any atom is 0.283 e. The maximum absolute atomic E-state index is 12.8. The molecule has 0 aliphatic heterocycles. The van der Waals surface area contributed by atoms with Crippen LogP contribution in [-0.2, 0) is 7.05 Å². The van der Waals surface area contributed by atoms with Gasteiger partial charge in [-0.3, -0.25) is 9.48 Å². The molecule has 0 aliphatic carbocycles. The van der Waals surface area contributed by atoms with Gasteiger partial charge in [-0.25, -0.2) is 4.68 Å². The number of aryl methyl sites for hydroxylation is 3. The lowest BCUT2D eigenvalue weighted by molar-refractivity contribution is 0.0997. The monoisotopic (exact) mass is 389 g/mol. The molecule has 140 valence electrons. The number of amides is 1. The molecule has 2 aromatic carbocycles. The average Bonchev–Trinajstić information content (AvgIpc) is 3.26. The fourth-order valence-electron chi connectivity index (χ4n) is 2.86. The quantitative estimate of drug-likeness (QED) is 0.537. The number of rotatable bonds is 3. The maximum atomic E-state index is 12.8. The van der Waals surface area contributed by atoms with Gasteiger partial charge in [0, 0.05) is 18.8 Å². The molecule has 0 saturated carbocycles. The highest BCUT2D eigenvalue weighted by Crippen LogP contribution is 2.21. The second-order valence-electron chi connectivity index (χ2n) is 6.52. The fraction of sp³-hybridized carbons (Fsp3) is 0.143. The van der Waals surface area contributed by atoms with Crippen LogP contribution < -0.4 is 4.80 Å². The molecule has 0 bridgehead atoms. The van der Waals surface area contributed by atoms with Gasteiger partial charge < -0.3 is 0 Å². The zero-order valence-corrected chi connectivity index (χ0v) is 16.6. The molecule has 4 rings (SSSR count). The number of benzene rings is 2. The van der Waals surface area contributed by atoms with E-state index in [-0.39, 0.29) is 5.91 Å². The zero-order valence-electron chi connectivity index (χ0n) is 15.8. The third-order valence-corrected chi connectivity index (χ3v) is 5.26. The Balaban J connectivity index is 1.86. The van der Waals surface area contributed by atoms with E-state index in [0.717, 1.165) is 16.3 Å². The molecule has 0 unspecified atom stereocenters. The van der Waals surface area contributed by atoms with Crippen molar-refractivity contribution < 1.29 is 4.79 Å². The highest BCUT2D eigenvalue weighted by Gasteiger charge is 2.14. The van der Waals surface area contributed by atoms with Crippen LogP contribution in [0, 0.1) is 13.8 Å². The summed E-state index contributed by atoms with van der Waals surface area (Å²) in [5.41, 5.74) is 4.18. The Labute approximate surface area is 166 Å². The minimum Gasteiger partial charge on any atom is -0.275 e. The zero-order chi connectivity index (χ0) is 19.7.